The average Bonchev–Trinajstić information content (AvgIpc) is 1.59. The first-order valence-corrected chi connectivity index (χ1v) is 3.35. The van der Waals surface area contributed by atoms with Gasteiger partial charge in [0.2, 0.25) is 5.91 Å². The first-order valence-electron chi connectivity index (χ1n) is 3.35. The standard InChI is InChI=1S/C7H14NO2/c1-7(2,3)8-6(10)4-5-9/h4-5H2,1-3H3,(H,8,10). The van der Waals surface area contributed by atoms with Gasteiger partial charge in [0.1, 0.15) is 0 Å². The minimum Gasteiger partial charge on any atom is -0.351 e. The Morgan fingerprint density at radius 2 is 1.90 bits per heavy atom. The summed E-state index contributed by atoms with van der Waals surface area (Å²) in [6, 6.07) is 0. The maximum atomic E-state index is 10.7. The van der Waals surface area contributed by atoms with Gasteiger partial charge < -0.3 is 5.32 Å². The van der Waals surface area contributed by atoms with Crippen molar-refractivity contribution in [2.75, 3.05) is 6.61 Å². The van der Waals surface area contributed by atoms with Crippen molar-refractivity contribution in [3.8, 4) is 0 Å². The first kappa shape index (κ1) is 9.43. The highest BCUT2D eigenvalue weighted by molar-refractivity contribution is 5.76. The molecule has 0 aromatic heterocycles. The number of amides is 1. The molecule has 0 atom stereocenters. The van der Waals surface area contributed by atoms with Gasteiger partial charge in [-0.25, -0.2) is 5.11 Å². The summed E-state index contributed by atoms with van der Waals surface area (Å²) in [5, 5.41) is 12.6. The normalized spacial score (nSPS) is 11.2. The summed E-state index contributed by atoms with van der Waals surface area (Å²) in [6.45, 7) is 5.32. The molecule has 59 valence electrons. The van der Waals surface area contributed by atoms with E-state index < -0.39 is 0 Å². The quantitative estimate of drug-likeness (QED) is 0.610. The van der Waals surface area contributed by atoms with Crippen LogP contribution in [0.5, 0.6) is 0 Å². The Kier molecular flexibility index (Phi) is 3.36. The molecule has 1 amide bonds. The molecule has 0 saturated carbocycles. The summed E-state index contributed by atoms with van der Waals surface area (Å²) in [5.74, 6) is -0.164. The summed E-state index contributed by atoms with van der Waals surface area (Å²) >= 11 is 0. The Labute approximate surface area is 61.4 Å². The Bertz CT molecular complexity index is 115. The SMILES string of the molecule is CC(C)(C)NC(=O)CC[O]. The Hall–Kier alpha value is -0.570. The molecule has 0 aliphatic heterocycles. The van der Waals surface area contributed by atoms with E-state index in [1.54, 1.807) is 0 Å². The van der Waals surface area contributed by atoms with Crippen LogP contribution in [0.2, 0.25) is 0 Å². The summed E-state index contributed by atoms with van der Waals surface area (Å²) in [6.07, 6.45) is 0.0806. The zero-order valence-electron chi connectivity index (χ0n) is 6.73. The predicted molar refractivity (Wildman–Crippen MR) is 38.1 cm³/mol. The van der Waals surface area contributed by atoms with Crippen molar-refractivity contribution in [3.05, 3.63) is 0 Å². The monoisotopic (exact) mass is 144 g/mol. The van der Waals surface area contributed by atoms with E-state index >= 15 is 0 Å². The lowest BCUT2D eigenvalue weighted by molar-refractivity contribution is -0.123. The Morgan fingerprint density at radius 1 is 1.40 bits per heavy atom. The fourth-order valence-corrected chi connectivity index (χ4v) is 0.573. The van der Waals surface area contributed by atoms with Gasteiger partial charge >= 0.3 is 0 Å². The summed E-state index contributed by atoms with van der Waals surface area (Å²) in [7, 11) is 0. The van der Waals surface area contributed by atoms with Gasteiger partial charge in [-0.15, -0.1) is 0 Å². The molecule has 3 nitrogen and oxygen atoms in total. The zero-order valence-corrected chi connectivity index (χ0v) is 6.73. The minimum absolute atomic E-state index is 0.0806. The summed E-state index contributed by atoms with van der Waals surface area (Å²) in [4.78, 5) is 10.7. The molecule has 1 N–H and O–H groups in total. The molecule has 3 heteroatoms. The first-order chi connectivity index (χ1) is 4.45. The molecule has 10 heavy (non-hydrogen) atoms. The number of carbonyl (C=O) groups is 1. The number of hydrogen-bond donors (Lipinski definition) is 1. The van der Waals surface area contributed by atoms with Crippen LogP contribution < -0.4 is 5.32 Å². The molecule has 0 spiro atoms. The van der Waals surface area contributed by atoms with Crippen LogP contribution in [-0.2, 0) is 9.90 Å². The maximum Gasteiger partial charge on any atom is 0.222 e. The molecule has 0 aromatic rings. The largest absolute Gasteiger partial charge is 0.351 e. The maximum absolute atomic E-state index is 10.7. The van der Waals surface area contributed by atoms with Gasteiger partial charge in [-0.3, -0.25) is 4.79 Å². The lowest BCUT2D eigenvalue weighted by Crippen LogP contribution is -2.40. The molecule has 0 aromatic carbocycles. The number of hydrogen-bond acceptors (Lipinski definition) is 1. The van der Waals surface area contributed by atoms with Crippen molar-refractivity contribution in [2.24, 2.45) is 0 Å². The van der Waals surface area contributed by atoms with Crippen LogP contribution in [-0.4, -0.2) is 18.1 Å². The summed E-state index contributed by atoms with van der Waals surface area (Å²) < 4.78 is 0. The van der Waals surface area contributed by atoms with Crippen molar-refractivity contribution in [3.63, 3.8) is 0 Å². The number of rotatable bonds is 2. The van der Waals surface area contributed by atoms with Crippen molar-refractivity contribution in [1.82, 2.24) is 5.32 Å². The molecule has 0 unspecified atom stereocenters. The fraction of sp³-hybridized carbons (Fsp3) is 0.857. The number of carbonyl (C=O) groups excluding carboxylic acids is 1. The molecular weight excluding hydrogens is 130 g/mol. The third-order valence-electron chi connectivity index (χ3n) is 0.844. The van der Waals surface area contributed by atoms with Crippen LogP contribution in [0.1, 0.15) is 27.2 Å². The van der Waals surface area contributed by atoms with E-state index in [0.717, 1.165) is 0 Å². The van der Waals surface area contributed by atoms with Crippen molar-refractivity contribution in [1.29, 1.82) is 0 Å². The molecule has 0 bridgehead atoms. The highest BCUT2D eigenvalue weighted by Gasteiger charge is 2.12. The van der Waals surface area contributed by atoms with Gasteiger partial charge in [0.25, 0.3) is 0 Å². The fourth-order valence-electron chi connectivity index (χ4n) is 0.573. The highest BCUT2D eigenvalue weighted by Crippen LogP contribution is 1.98. The van der Waals surface area contributed by atoms with E-state index in [4.69, 9.17) is 0 Å². The molecule has 0 saturated heterocycles. The second kappa shape index (κ2) is 3.56. The minimum atomic E-state index is -0.331. The molecule has 0 rings (SSSR count). The van der Waals surface area contributed by atoms with Crippen LogP contribution in [0.4, 0.5) is 0 Å². The molecule has 0 aliphatic rings. The van der Waals surface area contributed by atoms with Crippen LogP contribution >= 0.6 is 0 Å². The van der Waals surface area contributed by atoms with E-state index in [-0.39, 0.29) is 24.5 Å². The van der Waals surface area contributed by atoms with Gasteiger partial charge in [0, 0.05) is 5.54 Å². The van der Waals surface area contributed by atoms with Crippen LogP contribution in [0.25, 0.3) is 0 Å². The van der Waals surface area contributed by atoms with Crippen LogP contribution in [0.15, 0.2) is 0 Å². The van der Waals surface area contributed by atoms with Crippen molar-refractivity contribution in [2.45, 2.75) is 32.7 Å². The van der Waals surface area contributed by atoms with Gasteiger partial charge in [0.15, 0.2) is 0 Å². The van der Waals surface area contributed by atoms with E-state index in [9.17, 15) is 9.90 Å². The lowest BCUT2D eigenvalue weighted by atomic mass is 10.1. The second-order valence-electron chi connectivity index (χ2n) is 3.25. The van der Waals surface area contributed by atoms with E-state index in [1.807, 2.05) is 20.8 Å². The van der Waals surface area contributed by atoms with Crippen LogP contribution in [0.3, 0.4) is 0 Å². The molecular formula is C7H14NO2. The third-order valence-corrected chi connectivity index (χ3v) is 0.844. The second-order valence-corrected chi connectivity index (χ2v) is 3.25. The van der Waals surface area contributed by atoms with E-state index in [1.165, 1.54) is 0 Å². The summed E-state index contributed by atoms with van der Waals surface area (Å²) in [5.41, 5.74) is -0.216. The third kappa shape index (κ3) is 5.56. The van der Waals surface area contributed by atoms with Gasteiger partial charge in [-0.2, -0.15) is 0 Å². The highest BCUT2D eigenvalue weighted by atomic mass is 16.3. The van der Waals surface area contributed by atoms with Gasteiger partial charge in [-0.05, 0) is 20.8 Å². The molecule has 0 heterocycles. The average molecular weight is 144 g/mol. The van der Waals surface area contributed by atoms with Crippen LogP contribution in [0, 0.1) is 0 Å². The topological polar surface area (TPSA) is 49.0 Å². The predicted octanol–water partition coefficient (Wildman–Crippen LogP) is 0.722. The number of nitrogens with one attached hydrogen (secondary N) is 1. The smallest absolute Gasteiger partial charge is 0.222 e. The molecule has 0 aliphatic carbocycles. The Morgan fingerprint density at radius 3 is 2.20 bits per heavy atom. The van der Waals surface area contributed by atoms with Gasteiger partial charge in [0.05, 0.1) is 13.0 Å². The van der Waals surface area contributed by atoms with Crippen molar-refractivity contribution >= 4 is 5.91 Å². The molecule has 0 fully saturated rings. The molecule has 1 radical (unpaired) electrons. The Balaban J connectivity index is 3.58. The van der Waals surface area contributed by atoms with E-state index in [0.29, 0.717) is 0 Å². The lowest BCUT2D eigenvalue weighted by Gasteiger charge is -2.19. The zero-order chi connectivity index (χ0) is 8.20. The van der Waals surface area contributed by atoms with E-state index in [2.05, 4.69) is 5.32 Å². The van der Waals surface area contributed by atoms with Gasteiger partial charge in [-0.1, -0.05) is 0 Å². The van der Waals surface area contributed by atoms with Crippen molar-refractivity contribution < 1.29 is 9.90 Å².